The van der Waals surface area contributed by atoms with Crippen LogP contribution < -0.4 is 6.15 Å². The van der Waals surface area contributed by atoms with Crippen LogP contribution in [0.25, 0.3) is 11.1 Å². The molecule has 0 fully saturated rings. The molecule has 0 aromatic heterocycles. The van der Waals surface area contributed by atoms with E-state index in [2.05, 4.69) is 12.1 Å². The van der Waals surface area contributed by atoms with Crippen LogP contribution in [0, 0.1) is 0 Å². The fraction of sp³-hybridized carbons (Fsp3) is 0.176. The predicted molar refractivity (Wildman–Crippen MR) is 84.8 cm³/mol. The molecule has 2 rings (SSSR count). The molecule has 0 aliphatic rings. The minimum absolute atomic E-state index is 0. The standard InChI is InChI=1S/C13H10O.C4H8O2.H3N/c14-10-11-6-8-13(9-7-11)12-4-2-1-3-5-12;1-2-3-4(5)6;/h1-10H;2-3H2,1H3,(H,5,6);1H3. The molecule has 0 amide bonds. The highest BCUT2D eigenvalue weighted by Gasteiger charge is 1.95. The maximum atomic E-state index is 10.5. The Morgan fingerprint density at radius 2 is 1.52 bits per heavy atom. The zero-order chi connectivity index (χ0) is 14.8. The lowest BCUT2D eigenvalue weighted by atomic mass is 10.0. The summed E-state index contributed by atoms with van der Waals surface area (Å²) in [4.78, 5) is 20.1. The van der Waals surface area contributed by atoms with Gasteiger partial charge >= 0.3 is 5.97 Å². The van der Waals surface area contributed by atoms with Gasteiger partial charge in [0.2, 0.25) is 0 Å². The van der Waals surface area contributed by atoms with E-state index in [0.29, 0.717) is 12.0 Å². The second kappa shape index (κ2) is 10.3. The normalized spacial score (nSPS) is 8.81. The molecule has 0 bridgehead atoms. The highest BCUT2D eigenvalue weighted by Crippen LogP contribution is 2.18. The number of carboxylic acid groups (broad SMARTS) is 1. The van der Waals surface area contributed by atoms with Gasteiger partial charge in [0.15, 0.2) is 0 Å². The van der Waals surface area contributed by atoms with Crippen LogP contribution in [0.2, 0.25) is 0 Å². The molecule has 0 aliphatic carbocycles. The van der Waals surface area contributed by atoms with E-state index in [0.717, 1.165) is 18.3 Å². The van der Waals surface area contributed by atoms with Gasteiger partial charge in [0.1, 0.15) is 6.29 Å². The van der Waals surface area contributed by atoms with Gasteiger partial charge in [-0.1, -0.05) is 61.5 Å². The van der Waals surface area contributed by atoms with Crippen LogP contribution in [0.15, 0.2) is 54.6 Å². The lowest BCUT2D eigenvalue weighted by Crippen LogP contribution is -1.90. The van der Waals surface area contributed by atoms with Gasteiger partial charge in [0.05, 0.1) is 0 Å². The molecule has 0 unspecified atom stereocenters. The summed E-state index contributed by atoms with van der Waals surface area (Å²) >= 11 is 0. The van der Waals surface area contributed by atoms with Crippen LogP contribution in [0.4, 0.5) is 0 Å². The molecule has 21 heavy (non-hydrogen) atoms. The lowest BCUT2D eigenvalue weighted by molar-refractivity contribution is -0.137. The van der Waals surface area contributed by atoms with Crippen molar-refractivity contribution >= 4 is 12.3 Å². The van der Waals surface area contributed by atoms with Gasteiger partial charge in [-0.05, 0) is 17.5 Å². The topological polar surface area (TPSA) is 89.4 Å². The molecule has 0 saturated carbocycles. The monoisotopic (exact) mass is 287 g/mol. The Morgan fingerprint density at radius 1 is 1.00 bits per heavy atom. The van der Waals surface area contributed by atoms with Crippen molar-refractivity contribution in [2.24, 2.45) is 0 Å². The Bertz CT molecular complexity index is 536. The Morgan fingerprint density at radius 3 is 1.90 bits per heavy atom. The third-order valence-corrected chi connectivity index (χ3v) is 2.62. The lowest BCUT2D eigenvalue weighted by Gasteiger charge is -2.00. The zero-order valence-corrected chi connectivity index (χ0v) is 12.2. The van der Waals surface area contributed by atoms with Gasteiger partial charge in [-0.15, -0.1) is 0 Å². The van der Waals surface area contributed by atoms with E-state index < -0.39 is 5.97 Å². The van der Waals surface area contributed by atoms with E-state index in [1.54, 1.807) is 0 Å². The second-order valence-corrected chi connectivity index (χ2v) is 4.25. The number of carbonyl (C=O) groups excluding carboxylic acids is 1. The van der Waals surface area contributed by atoms with E-state index in [1.165, 1.54) is 5.56 Å². The van der Waals surface area contributed by atoms with Gasteiger partial charge in [-0.2, -0.15) is 0 Å². The second-order valence-electron chi connectivity index (χ2n) is 4.25. The maximum absolute atomic E-state index is 10.5. The van der Waals surface area contributed by atoms with E-state index >= 15 is 0 Å². The summed E-state index contributed by atoms with van der Waals surface area (Å²) in [6.45, 7) is 1.84. The third kappa shape index (κ3) is 7.03. The molecule has 0 saturated heterocycles. The average molecular weight is 287 g/mol. The predicted octanol–water partition coefficient (Wildman–Crippen LogP) is 4.20. The third-order valence-electron chi connectivity index (χ3n) is 2.62. The Labute approximate surface area is 125 Å². The summed E-state index contributed by atoms with van der Waals surface area (Å²) in [5.41, 5.74) is 3.02. The van der Waals surface area contributed by atoms with Crippen molar-refractivity contribution in [3.63, 3.8) is 0 Å². The summed E-state index contributed by atoms with van der Waals surface area (Å²) in [6.07, 6.45) is 1.88. The molecule has 4 heteroatoms. The SMILES string of the molecule is CCCC(=O)O.N.O=Cc1ccc(-c2ccccc2)cc1. The molecular formula is C17H21NO3. The summed E-state index contributed by atoms with van der Waals surface area (Å²) in [7, 11) is 0. The van der Waals surface area contributed by atoms with Gasteiger partial charge in [-0.25, -0.2) is 0 Å². The van der Waals surface area contributed by atoms with Crippen molar-refractivity contribution in [1.29, 1.82) is 0 Å². The first-order valence-electron chi connectivity index (χ1n) is 6.49. The van der Waals surface area contributed by atoms with Crippen LogP contribution in [-0.4, -0.2) is 17.4 Å². The molecule has 2 aromatic carbocycles. The number of aldehydes is 1. The number of aliphatic carboxylic acids is 1. The van der Waals surface area contributed by atoms with E-state index in [-0.39, 0.29) is 6.15 Å². The quantitative estimate of drug-likeness (QED) is 0.825. The smallest absolute Gasteiger partial charge is 0.303 e. The van der Waals surface area contributed by atoms with Crippen molar-refractivity contribution in [2.45, 2.75) is 19.8 Å². The zero-order valence-electron chi connectivity index (χ0n) is 12.2. The van der Waals surface area contributed by atoms with Gasteiger partial charge in [0, 0.05) is 12.0 Å². The van der Waals surface area contributed by atoms with Crippen LogP contribution in [0.3, 0.4) is 0 Å². The Kier molecular flexibility index (Phi) is 9.13. The minimum atomic E-state index is -0.711. The Balaban J connectivity index is 0.000000495. The summed E-state index contributed by atoms with van der Waals surface area (Å²) in [5.74, 6) is -0.711. The van der Waals surface area contributed by atoms with Crippen molar-refractivity contribution in [2.75, 3.05) is 0 Å². The number of carbonyl (C=O) groups is 2. The molecule has 0 aliphatic heterocycles. The first kappa shape index (κ1) is 18.5. The number of hydrogen-bond acceptors (Lipinski definition) is 3. The summed E-state index contributed by atoms with van der Waals surface area (Å²) in [5, 5.41) is 7.91. The Hall–Kier alpha value is -2.46. The molecule has 4 N–H and O–H groups in total. The molecule has 0 spiro atoms. The average Bonchev–Trinajstić information content (AvgIpc) is 2.49. The van der Waals surface area contributed by atoms with Gasteiger partial charge < -0.3 is 11.3 Å². The molecule has 4 nitrogen and oxygen atoms in total. The molecule has 2 aromatic rings. The fourth-order valence-electron chi connectivity index (χ4n) is 1.60. The molecular weight excluding hydrogens is 266 g/mol. The van der Waals surface area contributed by atoms with Crippen LogP contribution in [0.5, 0.6) is 0 Å². The highest BCUT2D eigenvalue weighted by molar-refractivity contribution is 5.76. The van der Waals surface area contributed by atoms with Crippen molar-refractivity contribution < 1.29 is 14.7 Å². The van der Waals surface area contributed by atoms with Crippen molar-refractivity contribution in [1.82, 2.24) is 6.15 Å². The molecule has 0 radical (unpaired) electrons. The van der Waals surface area contributed by atoms with Crippen LogP contribution in [-0.2, 0) is 4.79 Å². The minimum Gasteiger partial charge on any atom is -0.481 e. The number of hydrogen-bond donors (Lipinski definition) is 2. The van der Waals surface area contributed by atoms with Crippen molar-refractivity contribution in [3.8, 4) is 11.1 Å². The van der Waals surface area contributed by atoms with Gasteiger partial charge in [0.25, 0.3) is 0 Å². The summed E-state index contributed by atoms with van der Waals surface area (Å²) < 4.78 is 0. The molecule has 0 heterocycles. The fourth-order valence-corrected chi connectivity index (χ4v) is 1.60. The number of carboxylic acids is 1. The first-order chi connectivity index (χ1) is 9.67. The van der Waals surface area contributed by atoms with E-state index in [4.69, 9.17) is 5.11 Å². The van der Waals surface area contributed by atoms with Crippen molar-refractivity contribution in [3.05, 3.63) is 60.2 Å². The van der Waals surface area contributed by atoms with E-state index in [9.17, 15) is 9.59 Å². The first-order valence-corrected chi connectivity index (χ1v) is 6.49. The number of rotatable bonds is 4. The number of benzene rings is 2. The summed E-state index contributed by atoms with van der Waals surface area (Å²) in [6, 6.07) is 17.7. The highest BCUT2D eigenvalue weighted by atomic mass is 16.4. The van der Waals surface area contributed by atoms with Gasteiger partial charge in [-0.3, -0.25) is 9.59 Å². The molecule has 112 valence electrons. The largest absolute Gasteiger partial charge is 0.481 e. The maximum Gasteiger partial charge on any atom is 0.303 e. The van der Waals surface area contributed by atoms with Crippen LogP contribution >= 0.6 is 0 Å². The van der Waals surface area contributed by atoms with Crippen LogP contribution in [0.1, 0.15) is 30.1 Å². The van der Waals surface area contributed by atoms with E-state index in [1.807, 2.05) is 49.4 Å². The molecule has 0 atom stereocenters.